The topological polar surface area (TPSA) is 54.4 Å². The highest BCUT2D eigenvalue weighted by atomic mass is 35.5. The van der Waals surface area contributed by atoms with E-state index in [-0.39, 0.29) is 17.1 Å². The summed E-state index contributed by atoms with van der Waals surface area (Å²) >= 11 is 6.04. The summed E-state index contributed by atoms with van der Waals surface area (Å²) in [5, 5.41) is 10.8. The highest BCUT2D eigenvalue weighted by molar-refractivity contribution is 6.31. The number of carbonyl (C=O) groups excluding carboxylic acids is 2. The Kier molecular flexibility index (Phi) is 3.45. The fourth-order valence-corrected chi connectivity index (χ4v) is 2.64. The summed E-state index contributed by atoms with van der Waals surface area (Å²) in [6.07, 6.45) is -0.0259. The van der Waals surface area contributed by atoms with Crippen molar-refractivity contribution < 1.29 is 14.7 Å². The van der Waals surface area contributed by atoms with Gasteiger partial charge in [0.05, 0.1) is 0 Å². The quantitative estimate of drug-likeness (QED) is 0.924. The van der Waals surface area contributed by atoms with Crippen LogP contribution < -0.4 is 0 Å². The molecule has 0 aliphatic heterocycles. The van der Waals surface area contributed by atoms with Crippen LogP contribution in [0.4, 0.5) is 0 Å². The monoisotopic (exact) mass is 298 g/mol. The lowest BCUT2D eigenvalue weighted by Gasteiger charge is -2.20. The molecule has 0 saturated carbocycles. The van der Waals surface area contributed by atoms with Crippen molar-refractivity contribution in [3.8, 4) is 0 Å². The van der Waals surface area contributed by atoms with Gasteiger partial charge in [-0.2, -0.15) is 0 Å². The molecular weight excluding hydrogens is 288 g/mol. The van der Waals surface area contributed by atoms with Crippen LogP contribution in [0.15, 0.2) is 60.2 Å². The Morgan fingerprint density at radius 3 is 2.24 bits per heavy atom. The molecule has 0 aromatic heterocycles. The maximum absolute atomic E-state index is 12.5. The third-order valence-electron chi connectivity index (χ3n) is 3.48. The molecule has 104 valence electrons. The average molecular weight is 299 g/mol. The van der Waals surface area contributed by atoms with Crippen LogP contribution in [0.3, 0.4) is 0 Å². The van der Waals surface area contributed by atoms with E-state index in [1.165, 1.54) is 6.08 Å². The normalized spacial score (nSPS) is 15.4. The average Bonchev–Trinajstić information content (AvgIpc) is 2.51. The summed E-state index contributed by atoms with van der Waals surface area (Å²) in [6, 6.07) is 13.3. The maximum Gasteiger partial charge on any atom is 0.192 e. The number of benzene rings is 2. The SMILES string of the molecule is O=C1C=C([C@@H](O)c2ccccc2Cl)C(=O)c2ccccc21. The van der Waals surface area contributed by atoms with E-state index in [1.54, 1.807) is 48.5 Å². The van der Waals surface area contributed by atoms with E-state index in [0.29, 0.717) is 21.7 Å². The maximum atomic E-state index is 12.5. The Hall–Kier alpha value is -2.23. The van der Waals surface area contributed by atoms with E-state index < -0.39 is 6.10 Å². The zero-order chi connectivity index (χ0) is 15.0. The molecule has 1 N–H and O–H groups in total. The minimum absolute atomic E-state index is 0.0480. The van der Waals surface area contributed by atoms with Gasteiger partial charge in [-0.3, -0.25) is 9.59 Å². The molecular formula is C17H11ClO3. The summed E-state index contributed by atoms with van der Waals surface area (Å²) in [5.41, 5.74) is 1.13. The van der Waals surface area contributed by atoms with Gasteiger partial charge in [-0.25, -0.2) is 0 Å². The summed E-state index contributed by atoms with van der Waals surface area (Å²) in [7, 11) is 0. The number of hydrogen-bond acceptors (Lipinski definition) is 3. The summed E-state index contributed by atoms with van der Waals surface area (Å²) in [5.74, 6) is -0.635. The van der Waals surface area contributed by atoms with Gasteiger partial charge in [-0.1, -0.05) is 54.1 Å². The molecule has 0 spiro atoms. The molecule has 0 heterocycles. The van der Waals surface area contributed by atoms with Crippen molar-refractivity contribution in [3.05, 3.63) is 81.9 Å². The van der Waals surface area contributed by atoms with Gasteiger partial charge in [-0.15, -0.1) is 0 Å². The molecule has 1 atom stereocenters. The highest BCUT2D eigenvalue weighted by Gasteiger charge is 2.30. The number of allylic oxidation sites excluding steroid dienone is 1. The van der Waals surface area contributed by atoms with Crippen LogP contribution in [0.1, 0.15) is 32.4 Å². The molecule has 21 heavy (non-hydrogen) atoms. The van der Waals surface area contributed by atoms with Crippen LogP contribution in [0.25, 0.3) is 0 Å². The number of aliphatic hydroxyl groups is 1. The van der Waals surface area contributed by atoms with E-state index in [2.05, 4.69) is 0 Å². The number of halogens is 1. The standard InChI is InChI=1S/C17H11ClO3/c18-14-8-4-3-7-12(14)17(21)13-9-15(19)10-5-1-2-6-11(10)16(13)20/h1-9,17,21H/t17-/m0/s1. The van der Waals surface area contributed by atoms with Gasteiger partial charge in [0.25, 0.3) is 0 Å². The molecule has 0 radical (unpaired) electrons. The second-order valence-corrected chi connectivity index (χ2v) is 5.17. The van der Waals surface area contributed by atoms with Crippen molar-refractivity contribution >= 4 is 23.2 Å². The van der Waals surface area contributed by atoms with Gasteiger partial charge in [0.2, 0.25) is 0 Å². The smallest absolute Gasteiger partial charge is 0.192 e. The number of ketones is 2. The largest absolute Gasteiger partial charge is 0.383 e. The van der Waals surface area contributed by atoms with Gasteiger partial charge < -0.3 is 5.11 Å². The zero-order valence-electron chi connectivity index (χ0n) is 10.9. The van der Waals surface area contributed by atoms with Crippen LogP contribution in [0.5, 0.6) is 0 Å². The molecule has 0 unspecified atom stereocenters. The zero-order valence-corrected chi connectivity index (χ0v) is 11.7. The Bertz CT molecular complexity index is 777. The molecule has 0 amide bonds. The lowest BCUT2D eigenvalue weighted by atomic mass is 9.85. The molecule has 1 aliphatic rings. The molecule has 1 aliphatic carbocycles. The summed E-state index contributed by atoms with van der Waals surface area (Å²) < 4.78 is 0. The first kappa shape index (κ1) is 13.7. The fourth-order valence-electron chi connectivity index (χ4n) is 2.40. The van der Waals surface area contributed by atoms with Crippen LogP contribution in [0.2, 0.25) is 5.02 Å². The third kappa shape index (κ3) is 2.31. The Morgan fingerprint density at radius 2 is 1.52 bits per heavy atom. The minimum atomic E-state index is -1.22. The number of aliphatic hydroxyl groups excluding tert-OH is 1. The van der Waals surface area contributed by atoms with Gasteiger partial charge in [0, 0.05) is 27.3 Å². The third-order valence-corrected chi connectivity index (χ3v) is 3.82. The second-order valence-electron chi connectivity index (χ2n) is 4.76. The van der Waals surface area contributed by atoms with Crippen molar-refractivity contribution in [2.45, 2.75) is 6.10 Å². The van der Waals surface area contributed by atoms with Crippen LogP contribution in [0, 0.1) is 0 Å². The molecule has 3 rings (SSSR count). The molecule has 2 aromatic carbocycles. The van der Waals surface area contributed by atoms with Crippen molar-refractivity contribution in [2.24, 2.45) is 0 Å². The first-order valence-corrected chi connectivity index (χ1v) is 6.79. The van der Waals surface area contributed by atoms with E-state index in [4.69, 9.17) is 11.6 Å². The van der Waals surface area contributed by atoms with Crippen molar-refractivity contribution in [1.29, 1.82) is 0 Å². The molecule has 4 heteroatoms. The van der Waals surface area contributed by atoms with Gasteiger partial charge in [0.15, 0.2) is 11.6 Å². The van der Waals surface area contributed by atoms with Gasteiger partial charge in [0.1, 0.15) is 6.10 Å². The minimum Gasteiger partial charge on any atom is -0.383 e. The van der Waals surface area contributed by atoms with Crippen molar-refractivity contribution in [1.82, 2.24) is 0 Å². The molecule has 3 nitrogen and oxygen atoms in total. The number of hydrogen-bond donors (Lipinski definition) is 1. The van der Waals surface area contributed by atoms with E-state index in [1.807, 2.05) is 0 Å². The Labute approximate surface area is 126 Å². The van der Waals surface area contributed by atoms with Crippen LogP contribution in [-0.4, -0.2) is 16.7 Å². The molecule has 2 aromatic rings. The lowest BCUT2D eigenvalue weighted by molar-refractivity contribution is 0.0947. The number of fused-ring (bicyclic) bond motifs is 1. The Morgan fingerprint density at radius 1 is 0.905 bits per heavy atom. The van der Waals surface area contributed by atoms with E-state index in [0.717, 1.165) is 0 Å². The number of carbonyl (C=O) groups is 2. The summed E-state index contributed by atoms with van der Waals surface area (Å²) in [6.45, 7) is 0. The Balaban J connectivity index is 2.07. The van der Waals surface area contributed by atoms with E-state index in [9.17, 15) is 14.7 Å². The van der Waals surface area contributed by atoms with Crippen LogP contribution >= 0.6 is 11.6 Å². The first-order valence-electron chi connectivity index (χ1n) is 6.41. The number of rotatable bonds is 2. The van der Waals surface area contributed by atoms with Crippen molar-refractivity contribution in [3.63, 3.8) is 0 Å². The van der Waals surface area contributed by atoms with Crippen molar-refractivity contribution in [2.75, 3.05) is 0 Å². The van der Waals surface area contributed by atoms with Crippen LogP contribution in [-0.2, 0) is 0 Å². The second kappa shape index (κ2) is 5.28. The first-order chi connectivity index (χ1) is 10.1. The summed E-state index contributed by atoms with van der Waals surface area (Å²) in [4.78, 5) is 24.6. The molecule has 0 bridgehead atoms. The lowest BCUT2D eigenvalue weighted by Crippen LogP contribution is -2.21. The van der Waals surface area contributed by atoms with E-state index >= 15 is 0 Å². The fraction of sp³-hybridized carbons (Fsp3) is 0.0588. The molecule has 0 saturated heterocycles. The van der Waals surface area contributed by atoms with Gasteiger partial charge >= 0.3 is 0 Å². The number of Topliss-reactive ketones (excluding diaryl/α,β-unsaturated/α-hetero) is 1. The highest BCUT2D eigenvalue weighted by Crippen LogP contribution is 2.33. The molecule has 0 fully saturated rings. The predicted molar refractivity (Wildman–Crippen MR) is 79.6 cm³/mol. The van der Waals surface area contributed by atoms with Gasteiger partial charge in [-0.05, 0) is 12.1 Å². The predicted octanol–water partition coefficient (Wildman–Crippen LogP) is 3.38.